The second-order valence-electron chi connectivity index (χ2n) is 4.37. The van der Waals surface area contributed by atoms with E-state index in [1.807, 2.05) is 0 Å². The molecule has 1 unspecified atom stereocenters. The van der Waals surface area contributed by atoms with E-state index in [4.69, 9.17) is 5.84 Å². The van der Waals surface area contributed by atoms with Crippen molar-refractivity contribution in [1.82, 2.24) is 10.3 Å². The van der Waals surface area contributed by atoms with Crippen LogP contribution in [0.1, 0.15) is 33.1 Å². The molecule has 1 aliphatic rings. The number of nitrogens with zero attached hydrogens (tertiary/aromatic N) is 1. The summed E-state index contributed by atoms with van der Waals surface area (Å²) >= 11 is 0. The third-order valence-corrected chi connectivity index (χ3v) is 2.62. The third kappa shape index (κ3) is 3.27. The Hall–Kier alpha value is -0.610. The number of hydrogen-bond acceptors (Lipinski definition) is 3. The molecule has 1 fully saturated rings. The van der Waals surface area contributed by atoms with E-state index in [0.29, 0.717) is 5.92 Å². The van der Waals surface area contributed by atoms with E-state index in [-0.39, 0.29) is 11.9 Å². The van der Waals surface area contributed by atoms with Gasteiger partial charge in [-0.25, -0.2) is 5.01 Å². The molecule has 0 saturated carbocycles. The molecule has 14 heavy (non-hydrogen) atoms. The highest BCUT2D eigenvalue weighted by Gasteiger charge is 2.27. The zero-order chi connectivity index (χ0) is 10.6. The lowest BCUT2D eigenvalue weighted by Gasteiger charge is -2.18. The van der Waals surface area contributed by atoms with Gasteiger partial charge in [0.05, 0.1) is 0 Å². The van der Waals surface area contributed by atoms with Gasteiger partial charge in [-0.2, -0.15) is 0 Å². The Bertz CT molecular complexity index is 194. The molecule has 1 saturated heterocycles. The molecule has 4 heteroatoms. The van der Waals surface area contributed by atoms with Gasteiger partial charge in [-0.3, -0.25) is 10.6 Å². The molecule has 0 radical (unpaired) electrons. The number of nitrogens with one attached hydrogen (secondary N) is 1. The van der Waals surface area contributed by atoms with Crippen molar-refractivity contribution >= 4 is 5.91 Å². The van der Waals surface area contributed by atoms with Gasteiger partial charge in [-0.15, -0.1) is 0 Å². The summed E-state index contributed by atoms with van der Waals surface area (Å²) in [6, 6.07) is -0.0952. The van der Waals surface area contributed by atoms with Crippen LogP contribution in [0, 0.1) is 5.92 Å². The number of rotatable bonds is 4. The van der Waals surface area contributed by atoms with Crippen molar-refractivity contribution < 1.29 is 4.79 Å². The lowest BCUT2D eigenvalue weighted by Crippen LogP contribution is -2.46. The molecule has 82 valence electrons. The van der Waals surface area contributed by atoms with E-state index in [2.05, 4.69) is 19.2 Å². The highest BCUT2D eigenvalue weighted by Crippen LogP contribution is 2.12. The fraction of sp³-hybridized carbons (Fsp3) is 0.900. The molecule has 0 aliphatic carbocycles. The molecule has 1 aliphatic heterocycles. The Morgan fingerprint density at radius 1 is 1.64 bits per heavy atom. The summed E-state index contributed by atoms with van der Waals surface area (Å²) in [7, 11) is 0. The van der Waals surface area contributed by atoms with Crippen molar-refractivity contribution in [3.05, 3.63) is 0 Å². The van der Waals surface area contributed by atoms with Crippen LogP contribution in [0.2, 0.25) is 0 Å². The van der Waals surface area contributed by atoms with E-state index in [1.165, 1.54) is 0 Å². The average molecular weight is 199 g/mol. The first kappa shape index (κ1) is 11.5. The average Bonchev–Trinajstić information content (AvgIpc) is 2.50. The summed E-state index contributed by atoms with van der Waals surface area (Å²) < 4.78 is 0. The molecule has 0 aromatic rings. The van der Waals surface area contributed by atoms with Crippen molar-refractivity contribution in [3.8, 4) is 0 Å². The summed E-state index contributed by atoms with van der Waals surface area (Å²) in [6.45, 7) is 5.90. The summed E-state index contributed by atoms with van der Waals surface area (Å²) in [5, 5.41) is 4.57. The standard InChI is InChI=1S/C10H21N3O/c1-8(2)5-6-12-10(14)9-4-3-7-13(9)11/h8-9H,3-7,11H2,1-2H3,(H,12,14). The predicted molar refractivity (Wildman–Crippen MR) is 56.4 cm³/mol. The lowest BCUT2D eigenvalue weighted by atomic mass is 10.1. The quantitative estimate of drug-likeness (QED) is 0.648. The van der Waals surface area contributed by atoms with Crippen molar-refractivity contribution in [2.45, 2.75) is 39.2 Å². The van der Waals surface area contributed by atoms with E-state index in [9.17, 15) is 4.79 Å². The molecule has 1 heterocycles. The summed E-state index contributed by atoms with van der Waals surface area (Å²) in [5.41, 5.74) is 0. The van der Waals surface area contributed by atoms with Gasteiger partial charge in [-0.1, -0.05) is 13.8 Å². The van der Waals surface area contributed by atoms with Gasteiger partial charge in [0, 0.05) is 13.1 Å². The first-order chi connectivity index (χ1) is 6.61. The van der Waals surface area contributed by atoms with Gasteiger partial charge in [-0.05, 0) is 25.2 Å². The zero-order valence-electron chi connectivity index (χ0n) is 9.12. The SMILES string of the molecule is CC(C)CCNC(=O)C1CCCN1N. The minimum atomic E-state index is -0.0952. The van der Waals surface area contributed by atoms with Gasteiger partial charge in [0.2, 0.25) is 5.91 Å². The van der Waals surface area contributed by atoms with Crippen molar-refractivity contribution in [2.24, 2.45) is 11.8 Å². The molecular formula is C10H21N3O. The van der Waals surface area contributed by atoms with Crippen LogP contribution < -0.4 is 11.2 Å². The number of carbonyl (C=O) groups excluding carboxylic acids is 1. The molecule has 0 aromatic carbocycles. The van der Waals surface area contributed by atoms with Crippen LogP contribution in [0.15, 0.2) is 0 Å². The summed E-state index contributed by atoms with van der Waals surface area (Å²) in [6.07, 6.45) is 2.95. The van der Waals surface area contributed by atoms with Crippen LogP contribution in [0.3, 0.4) is 0 Å². The molecule has 3 N–H and O–H groups in total. The van der Waals surface area contributed by atoms with Gasteiger partial charge in [0.25, 0.3) is 0 Å². The van der Waals surface area contributed by atoms with Crippen LogP contribution >= 0.6 is 0 Å². The Morgan fingerprint density at radius 2 is 2.36 bits per heavy atom. The molecule has 4 nitrogen and oxygen atoms in total. The molecular weight excluding hydrogens is 178 g/mol. The van der Waals surface area contributed by atoms with Crippen molar-refractivity contribution in [1.29, 1.82) is 0 Å². The minimum Gasteiger partial charge on any atom is -0.355 e. The topological polar surface area (TPSA) is 58.4 Å². The highest BCUT2D eigenvalue weighted by molar-refractivity contribution is 5.81. The first-order valence-electron chi connectivity index (χ1n) is 5.40. The number of hydrogen-bond donors (Lipinski definition) is 2. The van der Waals surface area contributed by atoms with Crippen molar-refractivity contribution in [3.63, 3.8) is 0 Å². The number of hydrazine groups is 1. The largest absolute Gasteiger partial charge is 0.355 e. The van der Waals surface area contributed by atoms with E-state index in [1.54, 1.807) is 5.01 Å². The smallest absolute Gasteiger partial charge is 0.238 e. The highest BCUT2D eigenvalue weighted by atomic mass is 16.2. The van der Waals surface area contributed by atoms with Crippen LogP contribution in [0.4, 0.5) is 0 Å². The molecule has 0 spiro atoms. The van der Waals surface area contributed by atoms with E-state index >= 15 is 0 Å². The Labute approximate surface area is 85.8 Å². The number of nitrogens with two attached hydrogens (primary N) is 1. The minimum absolute atomic E-state index is 0.0886. The summed E-state index contributed by atoms with van der Waals surface area (Å²) in [5.74, 6) is 6.40. The van der Waals surface area contributed by atoms with Gasteiger partial charge < -0.3 is 5.32 Å². The summed E-state index contributed by atoms with van der Waals surface area (Å²) in [4.78, 5) is 11.6. The molecule has 1 amide bonds. The zero-order valence-corrected chi connectivity index (χ0v) is 9.12. The number of carbonyl (C=O) groups is 1. The first-order valence-corrected chi connectivity index (χ1v) is 5.40. The Balaban J connectivity index is 2.21. The second-order valence-corrected chi connectivity index (χ2v) is 4.37. The fourth-order valence-electron chi connectivity index (χ4n) is 1.67. The van der Waals surface area contributed by atoms with E-state index in [0.717, 1.165) is 32.4 Å². The molecule has 1 atom stereocenters. The van der Waals surface area contributed by atoms with E-state index < -0.39 is 0 Å². The van der Waals surface area contributed by atoms with Gasteiger partial charge in [0.15, 0.2) is 0 Å². The van der Waals surface area contributed by atoms with Gasteiger partial charge in [0.1, 0.15) is 6.04 Å². The van der Waals surface area contributed by atoms with Gasteiger partial charge >= 0.3 is 0 Å². The molecule has 1 rings (SSSR count). The van der Waals surface area contributed by atoms with Crippen LogP contribution in [-0.4, -0.2) is 30.0 Å². The molecule has 0 bridgehead atoms. The Kier molecular flexibility index (Phi) is 4.35. The molecule has 0 aromatic heterocycles. The normalized spacial score (nSPS) is 23.0. The van der Waals surface area contributed by atoms with Crippen molar-refractivity contribution in [2.75, 3.05) is 13.1 Å². The van der Waals surface area contributed by atoms with Crippen LogP contribution in [0.5, 0.6) is 0 Å². The van der Waals surface area contributed by atoms with Crippen LogP contribution in [-0.2, 0) is 4.79 Å². The monoisotopic (exact) mass is 199 g/mol. The third-order valence-electron chi connectivity index (χ3n) is 2.62. The maximum absolute atomic E-state index is 11.6. The maximum atomic E-state index is 11.6. The predicted octanol–water partition coefficient (Wildman–Crippen LogP) is 0.487. The fourth-order valence-corrected chi connectivity index (χ4v) is 1.67. The number of amides is 1. The second kappa shape index (κ2) is 5.32. The Morgan fingerprint density at radius 3 is 2.86 bits per heavy atom. The lowest BCUT2D eigenvalue weighted by molar-refractivity contribution is -0.125. The maximum Gasteiger partial charge on any atom is 0.238 e. The van der Waals surface area contributed by atoms with Crippen LogP contribution in [0.25, 0.3) is 0 Å².